The van der Waals surface area contributed by atoms with E-state index in [-0.39, 0.29) is 6.61 Å². The van der Waals surface area contributed by atoms with E-state index in [0.717, 1.165) is 5.69 Å². The van der Waals surface area contributed by atoms with Gasteiger partial charge in [-0.25, -0.2) is 0 Å². The largest absolute Gasteiger partial charge is 0.395 e. The molecule has 0 aliphatic carbocycles. The van der Waals surface area contributed by atoms with E-state index in [1.54, 1.807) is 0 Å². The molecule has 0 bridgehead atoms. The maximum Gasteiger partial charge on any atom is 0.0856 e. The lowest BCUT2D eigenvalue weighted by atomic mass is 10.1. The summed E-state index contributed by atoms with van der Waals surface area (Å²) in [5.74, 6) is 0. The maximum absolute atomic E-state index is 8.47. The SMILES string of the molecule is NC(CO)(CO)CO.OCCNc1ccccc1. The molecule has 0 saturated carbocycles. The normalized spacial score (nSPS) is 10.5. The van der Waals surface area contributed by atoms with Gasteiger partial charge in [0.05, 0.1) is 32.0 Å². The van der Waals surface area contributed by atoms with Gasteiger partial charge in [-0.2, -0.15) is 0 Å². The molecule has 0 atom stereocenters. The van der Waals surface area contributed by atoms with E-state index in [4.69, 9.17) is 26.2 Å². The number of hydrogen-bond acceptors (Lipinski definition) is 6. The second kappa shape index (κ2) is 9.81. The highest BCUT2D eigenvalue weighted by Gasteiger charge is 2.20. The zero-order chi connectivity index (χ0) is 13.9. The lowest BCUT2D eigenvalue weighted by Crippen LogP contribution is -2.50. The third-order valence-corrected chi connectivity index (χ3v) is 2.16. The number of rotatable bonds is 6. The molecule has 0 heterocycles. The molecule has 1 rings (SSSR count). The van der Waals surface area contributed by atoms with Crippen molar-refractivity contribution in [3.8, 4) is 0 Å². The van der Waals surface area contributed by atoms with Crippen molar-refractivity contribution in [1.82, 2.24) is 0 Å². The molecule has 6 nitrogen and oxygen atoms in total. The highest BCUT2D eigenvalue weighted by atomic mass is 16.3. The summed E-state index contributed by atoms with van der Waals surface area (Å²) in [6, 6.07) is 9.81. The van der Waals surface area contributed by atoms with Crippen molar-refractivity contribution in [2.75, 3.05) is 38.3 Å². The van der Waals surface area contributed by atoms with Crippen LogP contribution in [0.15, 0.2) is 30.3 Å². The number of benzene rings is 1. The van der Waals surface area contributed by atoms with Gasteiger partial charge in [-0.3, -0.25) is 0 Å². The monoisotopic (exact) mass is 258 g/mol. The van der Waals surface area contributed by atoms with E-state index in [9.17, 15) is 0 Å². The molecule has 18 heavy (non-hydrogen) atoms. The molecule has 7 N–H and O–H groups in total. The van der Waals surface area contributed by atoms with Crippen LogP contribution in [0.1, 0.15) is 0 Å². The molecular formula is C12H22N2O4. The van der Waals surface area contributed by atoms with Crippen molar-refractivity contribution in [3.63, 3.8) is 0 Å². The number of aliphatic hydroxyl groups is 4. The molecule has 0 aliphatic heterocycles. The van der Waals surface area contributed by atoms with Crippen LogP contribution in [0.2, 0.25) is 0 Å². The summed E-state index contributed by atoms with van der Waals surface area (Å²) >= 11 is 0. The summed E-state index contributed by atoms with van der Waals surface area (Å²) in [4.78, 5) is 0. The topological polar surface area (TPSA) is 119 Å². The first kappa shape index (κ1) is 16.8. The van der Waals surface area contributed by atoms with Gasteiger partial charge in [0.15, 0.2) is 0 Å². The summed E-state index contributed by atoms with van der Waals surface area (Å²) in [5, 5.41) is 36.5. The van der Waals surface area contributed by atoms with Crippen molar-refractivity contribution in [2.24, 2.45) is 5.73 Å². The van der Waals surface area contributed by atoms with Crippen molar-refractivity contribution in [1.29, 1.82) is 0 Å². The van der Waals surface area contributed by atoms with Gasteiger partial charge in [0.2, 0.25) is 0 Å². The van der Waals surface area contributed by atoms with Gasteiger partial charge in [0, 0.05) is 12.2 Å². The molecule has 0 spiro atoms. The first-order valence-electron chi connectivity index (χ1n) is 5.63. The van der Waals surface area contributed by atoms with Crippen LogP contribution in [0, 0.1) is 0 Å². The average molecular weight is 258 g/mol. The minimum Gasteiger partial charge on any atom is -0.395 e. The van der Waals surface area contributed by atoms with Gasteiger partial charge in [-0.05, 0) is 12.1 Å². The second-order valence-corrected chi connectivity index (χ2v) is 3.85. The zero-order valence-electron chi connectivity index (χ0n) is 10.3. The zero-order valence-corrected chi connectivity index (χ0v) is 10.3. The van der Waals surface area contributed by atoms with E-state index in [1.807, 2.05) is 30.3 Å². The van der Waals surface area contributed by atoms with Gasteiger partial charge in [0.1, 0.15) is 0 Å². The fraction of sp³-hybridized carbons (Fsp3) is 0.500. The predicted octanol–water partition coefficient (Wildman–Crippen LogP) is -1.25. The van der Waals surface area contributed by atoms with Crippen LogP contribution in [-0.4, -0.2) is 58.9 Å². The van der Waals surface area contributed by atoms with Gasteiger partial charge in [0.25, 0.3) is 0 Å². The lowest BCUT2D eigenvalue weighted by Gasteiger charge is -2.20. The minimum absolute atomic E-state index is 0.175. The van der Waals surface area contributed by atoms with E-state index in [2.05, 4.69) is 5.32 Å². The summed E-state index contributed by atoms with van der Waals surface area (Å²) in [6.45, 7) is -0.418. The number of nitrogens with one attached hydrogen (secondary N) is 1. The van der Waals surface area contributed by atoms with E-state index in [0.29, 0.717) is 6.54 Å². The average Bonchev–Trinajstić information content (AvgIpc) is 2.46. The highest BCUT2D eigenvalue weighted by molar-refractivity contribution is 5.42. The molecule has 0 saturated heterocycles. The smallest absolute Gasteiger partial charge is 0.0856 e. The quantitative estimate of drug-likeness (QED) is 0.379. The number of aliphatic hydroxyl groups excluding tert-OH is 4. The Hall–Kier alpha value is -1.18. The summed E-state index contributed by atoms with van der Waals surface area (Å²) in [5.41, 5.74) is 4.99. The standard InChI is InChI=1S/C8H11NO.C4H11NO3/c10-7-6-9-8-4-2-1-3-5-8;5-4(1-6,2-7)3-8/h1-5,9-10H,6-7H2;6-8H,1-3,5H2. The summed E-state index contributed by atoms with van der Waals surface area (Å²) in [7, 11) is 0. The molecule has 0 aliphatic rings. The molecule has 0 aromatic heterocycles. The van der Waals surface area contributed by atoms with Crippen LogP contribution < -0.4 is 11.1 Å². The second-order valence-electron chi connectivity index (χ2n) is 3.85. The van der Waals surface area contributed by atoms with Crippen LogP contribution >= 0.6 is 0 Å². The van der Waals surface area contributed by atoms with Crippen molar-refractivity contribution >= 4 is 5.69 Å². The Morgan fingerprint density at radius 3 is 1.78 bits per heavy atom. The molecule has 6 heteroatoms. The molecular weight excluding hydrogens is 236 g/mol. The van der Waals surface area contributed by atoms with E-state index >= 15 is 0 Å². The number of hydrogen-bond donors (Lipinski definition) is 6. The van der Waals surface area contributed by atoms with Crippen LogP contribution in [0.25, 0.3) is 0 Å². The fourth-order valence-electron chi connectivity index (χ4n) is 0.906. The number of anilines is 1. The van der Waals surface area contributed by atoms with Crippen LogP contribution in [-0.2, 0) is 0 Å². The van der Waals surface area contributed by atoms with E-state index in [1.165, 1.54) is 0 Å². The van der Waals surface area contributed by atoms with E-state index < -0.39 is 25.4 Å². The Morgan fingerprint density at radius 2 is 1.44 bits per heavy atom. The van der Waals surface area contributed by atoms with Gasteiger partial charge >= 0.3 is 0 Å². The first-order valence-corrected chi connectivity index (χ1v) is 5.63. The third-order valence-electron chi connectivity index (χ3n) is 2.16. The third kappa shape index (κ3) is 7.21. The molecule has 0 fully saturated rings. The minimum atomic E-state index is -1.21. The molecule has 104 valence electrons. The Balaban J connectivity index is 0.000000331. The van der Waals surface area contributed by atoms with Crippen LogP contribution in [0.3, 0.4) is 0 Å². The molecule has 1 aromatic carbocycles. The van der Waals surface area contributed by atoms with Gasteiger partial charge < -0.3 is 31.5 Å². The van der Waals surface area contributed by atoms with Crippen LogP contribution in [0.4, 0.5) is 5.69 Å². The highest BCUT2D eigenvalue weighted by Crippen LogP contribution is 2.03. The Morgan fingerprint density at radius 1 is 0.944 bits per heavy atom. The van der Waals surface area contributed by atoms with Crippen LogP contribution in [0.5, 0.6) is 0 Å². The first-order chi connectivity index (χ1) is 8.61. The number of nitrogens with two attached hydrogens (primary N) is 1. The molecule has 0 radical (unpaired) electrons. The van der Waals surface area contributed by atoms with Gasteiger partial charge in [-0.1, -0.05) is 18.2 Å². The van der Waals surface area contributed by atoms with Crippen molar-refractivity contribution in [2.45, 2.75) is 5.54 Å². The molecule has 0 amide bonds. The Bertz CT molecular complexity index is 283. The Kier molecular flexibility index (Phi) is 9.17. The predicted molar refractivity (Wildman–Crippen MR) is 70.2 cm³/mol. The lowest BCUT2D eigenvalue weighted by molar-refractivity contribution is 0.0698. The van der Waals surface area contributed by atoms with Crippen molar-refractivity contribution in [3.05, 3.63) is 30.3 Å². The Labute approximate surface area is 107 Å². The van der Waals surface area contributed by atoms with Gasteiger partial charge in [-0.15, -0.1) is 0 Å². The fourth-order valence-corrected chi connectivity index (χ4v) is 0.906. The summed E-state index contributed by atoms with van der Waals surface area (Å²) in [6.07, 6.45) is 0. The maximum atomic E-state index is 8.47. The number of para-hydroxylation sites is 1. The molecule has 0 unspecified atom stereocenters. The summed E-state index contributed by atoms with van der Waals surface area (Å²) < 4.78 is 0. The molecule has 1 aromatic rings. The van der Waals surface area contributed by atoms with Crippen molar-refractivity contribution < 1.29 is 20.4 Å².